The lowest BCUT2D eigenvalue weighted by Crippen LogP contribution is -2.48. The van der Waals surface area contributed by atoms with Crippen molar-refractivity contribution in [2.75, 3.05) is 33.8 Å². The maximum Gasteiger partial charge on any atom is 0.0791 e. The van der Waals surface area contributed by atoms with Crippen molar-refractivity contribution in [3.63, 3.8) is 0 Å². The van der Waals surface area contributed by atoms with Crippen LogP contribution in [0.5, 0.6) is 0 Å². The number of rotatable bonds is 7. The first-order chi connectivity index (χ1) is 7.11. The van der Waals surface area contributed by atoms with Crippen molar-refractivity contribution in [3.05, 3.63) is 0 Å². The highest BCUT2D eigenvalue weighted by Gasteiger charge is 2.29. The van der Waals surface area contributed by atoms with E-state index in [4.69, 9.17) is 4.74 Å². The lowest BCUT2D eigenvalue weighted by atomic mass is 9.89. The van der Waals surface area contributed by atoms with E-state index in [1.54, 1.807) is 0 Å². The van der Waals surface area contributed by atoms with E-state index in [1.165, 1.54) is 0 Å². The Morgan fingerprint density at radius 3 is 2.67 bits per heavy atom. The van der Waals surface area contributed by atoms with Gasteiger partial charge in [-0.05, 0) is 33.9 Å². The molecule has 0 saturated heterocycles. The molecule has 0 amide bonds. The zero-order chi connectivity index (χ0) is 11.3. The highest BCUT2D eigenvalue weighted by Crippen LogP contribution is 2.22. The van der Waals surface area contributed by atoms with Gasteiger partial charge in [-0.25, -0.2) is 0 Å². The predicted octanol–water partition coefficient (Wildman–Crippen LogP) is 0.0660. The van der Waals surface area contributed by atoms with Crippen molar-refractivity contribution in [3.8, 4) is 0 Å². The van der Waals surface area contributed by atoms with Crippen molar-refractivity contribution in [2.45, 2.75) is 38.0 Å². The quantitative estimate of drug-likeness (QED) is 0.632. The average Bonchev–Trinajstić information content (AvgIpc) is 2.07. The normalized spacial score (nSPS) is 27.8. The molecule has 1 unspecified atom stereocenters. The number of likely N-dealkylation sites (N-methyl/N-ethyl adjacent to an activating group) is 1. The van der Waals surface area contributed by atoms with Crippen LogP contribution in [-0.4, -0.2) is 62.0 Å². The molecule has 4 heteroatoms. The predicted molar refractivity (Wildman–Crippen MR) is 61.0 cm³/mol. The fourth-order valence-electron chi connectivity index (χ4n) is 1.89. The number of ether oxygens (including phenoxy) is 1. The SMILES string of the molecule is CCOC1CC(NCC(O)CN(C)C)C1. The summed E-state index contributed by atoms with van der Waals surface area (Å²) in [6.45, 7) is 4.23. The van der Waals surface area contributed by atoms with E-state index in [0.717, 1.165) is 19.4 Å². The van der Waals surface area contributed by atoms with Crippen molar-refractivity contribution in [1.82, 2.24) is 10.2 Å². The molecule has 0 aromatic carbocycles. The molecule has 1 aliphatic carbocycles. The van der Waals surface area contributed by atoms with Gasteiger partial charge < -0.3 is 20.1 Å². The first kappa shape index (κ1) is 12.9. The molecule has 0 spiro atoms. The van der Waals surface area contributed by atoms with E-state index in [-0.39, 0.29) is 6.10 Å². The van der Waals surface area contributed by atoms with Crippen molar-refractivity contribution in [1.29, 1.82) is 0 Å². The molecule has 2 N–H and O–H groups in total. The van der Waals surface area contributed by atoms with Gasteiger partial charge in [0, 0.05) is 25.7 Å². The number of nitrogens with one attached hydrogen (secondary N) is 1. The number of hydrogen-bond donors (Lipinski definition) is 2. The Hall–Kier alpha value is -0.160. The monoisotopic (exact) mass is 216 g/mol. The molecule has 1 fully saturated rings. The summed E-state index contributed by atoms with van der Waals surface area (Å²) in [4.78, 5) is 2.00. The molecule has 1 atom stereocenters. The minimum Gasteiger partial charge on any atom is -0.390 e. The van der Waals surface area contributed by atoms with Gasteiger partial charge >= 0.3 is 0 Å². The van der Waals surface area contributed by atoms with Gasteiger partial charge in [0.05, 0.1) is 12.2 Å². The van der Waals surface area contributed by atoms with Crippen LogP contribution in [-0.2, 0) is 4.74 Å². The third-order valence-corrected chi connectivity index (χ3v) is 2.72. The molecular formula is C11H24N2O2. The summed E-state index contributed by atoms with van der Waals surface area (Å²) in [7, 11) is 3.94. The third-order valence-electron chi connectivity index (χ3n) is 2.72. The molecule has 0 bridgehead atoms. The van der Waals surface area contributed by atoms with Gasteiger partial charge in [0.25, 0.3) is 0 Å². The van der Waals surface area contributed by atoms with E-state index >= 15 is 0 Å². The van der Waals surface area contributed by atoms with Crippen LogP contribution in [0.25, 0.3) is 0 Å². The molecule has 1 saturated carbocycles. The number of nitrogens with zero attached hydrogens (tertiary/aromatic N) is 1. The molecule has 1 aliphatic rings. The molecule has 0 aliphatic heterocycles. The van der Waals surface area contributed by atoms with Crippen molar-refractivity contribution in [2.24, 2.45) is 0 Å². The van der Waals surface area contributed by atoms with E-state index in [9.17, 15) is 5.11 Å². The Morgan fingerprint density at radius 1 is 1.47 bits per heavy atom. The molecule has 90 valence electrons. The minimum absolute atomic E-state index is 0.272. The summed E-state index contributed by atoms with van der Waals surface area (Å²) in [5.41, 5.74) is 0. The molecule has 4 nitrogen and oxygen atoms in total. The van der Waals surface area contributed by atoms with Crippen LogP contribution in [0.15, 0.2) is 0 Å². The second-order valence-electron chi connectivity index (χ2n) is 4.57. The molecule has 0 aromatic rings. The molecule has 0 heterocycles. The number of aliphatic hydroxyl groups is 1. The smallest absolute Gasteiger partial charge is 0.0791 e. The van der Waals surface area contributed by atoms with Gasteiger partial charge in [-0.15, -0.1) is 0 Å². The Balaban J connectivity index is 1.98. The summed E-state index contributed by atoms with van der Waals surface area (Å²) in [6, 6.07) is 0.540. The molecular weight excluding hydrogens is 192 g/mol. The van der Waals surface area contributed by atoms with Crippen molar-refractivity contribution < 1.29 is 9.84 Å². The summed E-state index contributed by atoms with van der Waals surface area (Å²) in [6.07, 6.45) is 2.34. The van der Waals surface area contributed by atoms with Crippen molar-refractivity contribution >= 4 is 0 Å². The lowest BCUT2D eigenvalue weighted by Gasteiger charge is -2.36. The van der Waals surface area contributed by atoms with E-state index in [2.05, 4.69) is 5.32 Å². The second kappa shape index (κ2) is 6.43. The van der Waals surface area contributed by atoms with Gasteiger partial charge in [0.1, 0.15) is 0 Å². The number of aliphatic hydroxyl groups excluding tert-OH is 1. The van der Waals surface area contributed by atoms with E-state index < -0.39 is 0 Å². The van der Waals surface area contributed by atoms with Crippen LogP contribution in [0.2, 0.25) is 0 Å². The second-order valence-corrected chi connectivity index (χ2v) is 4.57. The highest BCUT2D eigenvalue weighted by atomic mass is 16.5. The van der Waals surface area contributed by atoms with Crippen LogP contribution in [0.3, 0.4) is 0 Å². The first-order valence-electron chi connectivity index (χ1n) is 5.79. The van der Waals surface area contributed by atoms with Gasteiger partial charge in [0.15, 0.2) is 0 Å². The van der Waals surface area contributed by atoms with Crippen LogP contribution in [0, 0.1) is 0 Å². The van der Waals surface area contributed by atoms with Crippen LogP contribution < -0.4 is 5.32 Å². The minimum atomic E-state index is -0.272. The molecule has 1 rings (SSSR count). The van der Waals surface area contributed by atoms with Gasteiger partial charge in [-0.2, -0.15) is 0 Å². The molecule has 0 aromatic heterocycles. The van der Waals surface area contributed by atoms with Gasteiger partial charge in [0.2, 0.25) is 0 Å². The maximum atomic E-state index is 9.62. The van der Waals surface area contributed by atoms with E-state index in [0.29, 0.717) is 25.2 Å². The zero-order valence-corrected chi connectivity index (χ0v) is 10.1. The summed E-state index contributed by atoms with van der Waals surface area (Å²) < 4.78 is 5.47. The Labute approximate surface area is 92.6 Å². The molecule has 0 radical (unpaired) electrons. The first-order valence-corrected chi connectivity index (χ1v) is 5.79. The Kier molecular flexibility index (Phi) is 5.53. The van der Waals surface area contributed by atoms with Crippen LogP contribution in [0.1, 0.15) is 19.8 Å². The molecule has 15 heavy (non-hydrogen) atoms. The highest BCUT2D eigenvalue weighted by molar-refractivity contribution is 4.86. The largest absolute Gasteiger partial charge is 0.390 e. The average molecular weight is 216 g/mol. The van der Waals surface area contributed by atoms with Crippen LogP contribution >= 0.6 is 0 Å². The standard InChI is InChI=1S/C11H24N2O2/c1-4-15-11-5-9(6-11)12-7-10(14)8-13(2)3/h9-12,14H,4-8H2,1-3H3. The Bertz CT molecular complexity index is 170. The van der Waals surface area contributed by atoms with Gasteiger partial charge in [-0.1, -0.05) is 0 Å². The summed E-state index contributed by atoms with van der Waals surface area (Å²) >= 11 is 0. The topological polar surface area (TPSA) is 44.7 Å². The summed E-state index contributed by atoms with van der Waals surface area (Å²) in [5, 5.41) is 13.0. The third kappa shape index (κ3) is 4.93. The Morgan fingerprint density at radius 2 is 2.13 bits per heavy atom. The lowest BCUT2D eigenvalue weighted by molar-refractivity contribution is -0.0128. The fraction of sp³-hybridized carbons (Fsp3) is 1.00. The van der Waals surface area contributed by atoms with Gasteiger partial charge in [-0.3, -0.25) is 0 Å². The van der Waals surface area contributed by atoms with E-state index in [1.807, 2.05) is 25.9 Å². The number of hydrogen-bond acceptors (Lipinski definition) is 4. The van der Waals surface area contributed by atoms with Crippen LogP contribution in [0.4, 0.5) is 0 Å². The maximum absolute atomic E-state index is 9.62. The fourth-order valence-corrected chi connectivity index (χ4v) is 1.89. The summed E-state index contributed by atoms with van der Waals surface area (Å²) in [5.74, 6) is 0. The zero-order valence-electron chi connectivity index (χ0n) is 10.1.